The molecule has 3 aromatic rings. The van der Waals surface area contributed by atoms with Crippen LogP contribution in [-0.2, 0) is 7.05 Å². The summed E-state index contributed by atoms with van der Waals surface area (Å²) in [5.74, 6) is 0. The third kappa shape index (κ3) is 2.21. The van der Waals surface area contributed by atoms with E-state index in [9.17, 15) is 14.4 Å². The van der Waals surface area contributed by atoms with Gasteiger partial charge in [0.15, 0.2) is 0 Å². The molecular weight excluding hydrogens is 310 g/mol. The fraction of sp³-hybridized carbons (Fsp3) is 0.235. The largest absolute Gasteiger partial charge is 0.395 e. The van der Waals surface area contributed by atoms with Crippen molar-refractivity contribution in [3.05, 3.63) is 66.8 Å². The van der Waals surface area contributed by atoms with Crippen molar-refractivity contribution >= 4 is 5.69 Å². The zero-order valence-corrected chi connectivity index (χ0v) is 13.4. The number of aliphatic hydroxyl groups is 1. The molecule has 0 bridgehead atoms. The van der Waals surface area contributed by atoms with Crippen LogP contribution in [0, 0.1) is 6.92 Å². The molecule has 3 rings (SSSR count). The molecule has 1 heterocycles. The van der Waals surface area contributed by atoms with Crippen LogP contribution in [0.2, 0.25) is 0 Å². The van der Waals surface area contributed by atoms with E-state index in [1.54, 1.807) is 30.8 Å². The Hall–Kier alpha value is -2.93. The highest BCUT2D eigenvalue weighted by Gasteiger charge is 2.28. The molecule has 0 aliphatic heterocycles. The smallest absolute Gasteiger partial charge is 0.279 e. The van der Waals surface area contributed by atoms with Crippen LogP contribution in [0.3, 0.4) is 0 Å². The lowest BCUT2D eigenvalue weighted by Crippen LogP contribution is -2.38. The van der Waals surface area contributed by atoms with E-state index in [0.717, 1.165) is 0 Å². The van der Waals surface area contributed by atoms with E-state index in [0.29, 0.717) is 11.4 Å². The minimum Gasteiger partial charge on any atom is -0.395 e. The molecule has 7 heteroatoms. The lowest BCUT2D eigenvalue weighted by molar-refractivity contribution is 0.311. The average molecular weight is 327 g/mol. The zero-order chi connectivity index (χ0) is 17.4. The van der Waals surface area contributed by atoms with Crippen molar-refractivity contribution in [1.82, 2.24) is 9.36 Å². The number of hydrogen-bond acceptors (Lipinski definition) is 5. The third-order valence-corrected chi connectivity index (χ3v) is 4.13. The van der Waals surface area contributed by atoms with Gasteiger partial charge in [0.1, 0.15) is 0 Å². The fourth-order valence-corrected chi connectivity index (χ4v) is 2.84. The van der Waals surface area contributed by atoms with Crippen LogP contribution in [0.5, 0.6) is 0 Å². The molecule has 0 aliphatic carbocycles. The Kier molecular flexibility index (Phi) is 3.94. The van der Waals surface area contributed by atoms with Gasteiger partial charge in [-0.2, -0.15) is 0 Å². The first-order valence-electron chi connectivity index (χ1n) is 7.51. The van der Waals surface area contributed by atoms with Crippen LogP contribution < -0.4 is 21.7 Å². The average Bonchev–Trinajstić information content (AvgIpc) is 2.81. The van der Waals surface area contributed by atoms with Crippen LogP contribution in [0.15, 0.2) is 44.7 Å². The molecule has 0 amide bonds. The van der Waals surface area contributed by atoms with Crippen molar-refractivity contribution in [3.63, 3.8) is 0 Å². The fourth-order valence-electron chi connectivity index (χ4n) is 2.84. The number of aromatic nitrogens is 2. The van der Waals surface area contributed by atoms with Gasteiger partial charge in [-0.1, -0.05) is 18.2 Å². The van der Waals surface area contributed by atoms with Crippen LogP contribution in [-0.4, -0.2) is 27.6 Å². The third-order valence-electron chi connectivity index (χ3n) is 4.13. The SMILES string of the molecule is Cc1c(-c2c(NCCO)c(=O)c2=O)c(=O)n(-c2ccccc2)n1C. The van der Waals surface area contributed by atoms with Gasteiger partial charge in [0.2, 0.25) is 10.9 Å². The number of nitrogens with one attached hydrogen (secondary N) is 1. The molecule has 0 radical (unpaired) electrons. The van der Waals surface area contributed by atoms with Crippen molar-refractivity contribution in [2.45, 2.75) is 6.92 Å². The van der Waals surface area contributed by atoms with Gasteiger partial charge in [-0.25, -0.2) is 4.68 Å². The minimum absolute atomic E-state index is 0.0973. The van der Waals surface area contributed by atoms with Crippen LogP contribution in [0.25, 0.3) is 16.8 Å². The summed E-state index contributed by atoms with van der Waals surface area (Å²) in [6, 6.07) is 9.05. The predicted molar refractivity (Wildman–Crippen MR) is 91.7 cm³/mol. The van der Waals surface area contributed by atoms with Crippen molar-refractivity contribution in [1.29, 1.82) is 0 Å². The van der Waals surface area contributed by atoms with Crippen LogP contribution in [0.4, 0.5) is 5.69 Å². The number of benzene rings is 1. The number of rotatable bonds is 5. The Labute approximate surface area is 137 Å². The van der Waals surface area contributed by atoms with Crippen molar-refractivity contribution in [2.24, 2.45) is 7.05 Å². The highest BCUT2D eigenvalue weighted by molar-refractivity contribution is 5.83. The van der Waals surface area contributed by atoms with E-state index in [1.807, 2.05) is 18.2 Å². The molecule has 0 unspecified atom stereocenters. The first kappa shape index (κ1) is 15.9. The number of hydrogen-bond donors (Lipinski definition) is 2. The molecule has 0 spiro atoms. The second-order valence-corrected chi connectivity index (χ2v) is 5.50. The summed E-state index contributed by atoms with van der Waals surface area (Å²) in [4.78, 5) is 36.7. The second-order valence-electron chi connectivity index (χ2n) is 5.50. The second kappa shape index (κ2) is 5.93. The molecule has 0 aliphatic rings. The van der Waals surface area contributed by atoms with Gasteiger partial charge < -0.3 is 10.4 Å². The maximum Gasteiger partial charge on any atom is 0.279 e. The molecule has 0 saturated heterocycles. The molecule has 2 aromatic carbocycles. The summed E-state index contributed by atoms with van der Waals surface area (Å²) in [6.07, 6.45) is 0. The molecule has 124 valence electrons. The Morgan fingerprint density at radius 1 is 1.04 bits per heavy atom. The maximum absolute atomic E-state index is 12.9. The Morgan fingerprint density at radius 2 is 1.71 bits per heavy atom. The first-order chi connectivity index (χ1) is 11.5. The van der Waals surface area contributed by atoms with Crippen molar-refractivity contribution in [2.75, 3.05) is 18.5 Å². The Morgan fingerprint density at radius 3 is 2.33 bits per heavy atom. The van der Waals surface area contributed by atoms with Gasteiger partial charge in [0, 0.05) is 19.3 Å². The highest BCUT2D eigenvalue weighted by atomic mass is 16.3. The normalized spacial score (nSPS) is 11.1. The van der Waals surface area contributed by atoms with E-state index in [4.69, 9.17) is 5.11 Å². The van der Waals surface area contributed by atoms with Gasteiger partial charge >= 0.3 is 0 Å². The molecule has 0 fully saturated rings. The molecular formula is C17H17N3O4. The van der Waals surface area contributed by atoms with E-state index in [-0.39, 0.29) is 35.5 Å². The maximum atomic E-state index is 12.9. The number of anilines is 1. The molecule has 0 saturated carbocycles. The molecule has 7 nitrogen and oxygen atoms in total. The Balaban J connectivity index is 2.22. The lowest BCUT2D eigenvalue weighted by Gasteiger charge is -2.11. The van der Waals surface area contributed by atoms with Crippen LogP contribution in [0.1, 0.15) is 5.69 Å². The zero-order valence-electron chi connectivity index (χ0n) is 13.4. The molecule has 24 heavy (non-hydrogen) atoms. The van der Waals surface area contributed by atoms with E-state index >= 15 is 0 Å². The first-order valence-corrected chi connectivity index (χ1v) is 7.51. The summed E-state index contributed by atoms with van der Waals surface area (Å²) in [5, 5.41) is 11.6. The van der Waals surface area contributed by atoms with Gasteiger partial charge in [0.25, 0.3) is 5.56 Å². The topological polar surface area (TPSA) is 93.3 Å². The summed E-state index contributed by atoms with van der Waals surface area (Å²) in [6.45, 7) is 1.68. The number of nitrogens with zero attached hydrogens (tertiary/aromatic N) is 2. The number of aliphatic hydroxyl groups excluding tert-OH is 1. The van der Waals surface area contributed by atoms with Gasteiger partial charge in [-0.15, -0.1) is 0 Å². The van der Waals surface area contributed by atoms with E-state index in [2.05, 4.69) is 5.32 Å². The van der Waals surface area contributed by atoms with Crippen molar-refractivity contribution in [3.8, 4) is 16.8 Å². The monoisotopic (exact) mass is 327 g/mol. The Bertz CT molecular complexity index is 1020. The summed E-state index contributed by atoms with van der Waals surface area (Å²) in [5.41, 5.74) is -0.0345. The predicted octanol–water partition coefficient (Wildman–Crippen LogP) is 0.152. The molecule has 1 aromatic heterocycles. The van der Waals surface area contributed by atoms with Crippen LogP contribution >= 0.6 is 0 Å². The summed E-state index contributed by atoms with van der Waals surface area (Å²) >= 11 is 0. The lowest BCUT2D eigenvalue weighted by atomic mass is 9.99. The molecule has 0 atom stereocenters. The van der Waals surface area contributed by atoms with Gasteiger partial charge in [0.05, 0.1) is 29.1 Å². The van der Waals surface area contributed by atoms with Gasteiger partial charge in [-0.05, 0) is 19.1 Å². The van der Waals surface area contributed by atoms with Gasteiger partial charge in [-0.3, -0.25) is 19.1 Å². The van der Waals surface area contributed by atoms with E-state index < -0.39 is 10.9 Å². The van der Waals surface area contributed by atoms with E-state index in [1.165, 1.54) is 4.68 Å². The molecule has 2 N–H and O–H groups in total. The number of para-hydroxylation sites is 1. The summed E-state index contributed by atoms with van der Waals surface area (Å²) < 4.78 is 3.11. The summed E-state index contributed by atoms with van der Waals surface area (Å²) in [7, 11) is 1.72. The van der Waals surface area contributed by atoms with Crippen molar-refractivity contribution < 1.29 is 5.11 Å². The highest BCUT2D eigenvalue weighted by Crippen LogP contribution is 2.24. The standard InChI is InChI=1S/C17H17N3O4/c1-10-12(13-14(18-8-9-21)16(23)15(13)22)17(24)20(19(10)2)11-6-4-3-5-7-11/h3-7,18,21H,8-9H2,1-2H3. The minimum atomic E-state index is -0.679. The quantitative estimate of drug-likeness (QED) is 0.651.